The van der Waals surface area contributed by atoms with Gasteiger partial charge in [0.15, 0.2) is 5.78 Å². The van der Waals surface area contributed by atoms with E-state index in [1.54, 1.807) is 6.07 Å². The zero-order valence-electron chi connectivity index (χ0n) is 11.2. The zero-order chi connectivity index (χ0) is 13.6. The number of aliphatic hydroxyl groups is 1. The maximum atomic E-state index is 11.8. The summed E-state index contributed by atoms with van der Waals surface area (Å²) in [5, 5.41) is 19.6. The molecule has 0 radical (unpaired) electrons. The minimum absolute atomic E-state index is 0.00342. The number of Topliss-reactive ketones (excluding diaryl/α,β-unsaturated/α-hetero) is 1. The molecule has 102 valence electrons. The van der Waals surface area contributed by atoms with Crippen LogP contribution in [0.4, 0.5) is 0 Å². The Kier molecular flexibility index (Phi) is 2.90. The quantitative estimate of drug-likeness (QED) is 0.814. The minimum atomic E-state index is -0.823. The van der Waals surface area contributed by atoms with E-state index in [2.05, 4.69) is 6.92 Å². The van der Waals surface area contributed by atoms with Crippen molar-refractivity contribution in [1.29, 1.82) is 0 Å². The van der Waals surface area contributed by atoms with Gasteiger partial charge in [-0.3, -0.25) is 4.79 Å². The average molecular weight is 260 g/mol. The summed E-state index contributed by atoms with van der Waals surface area (Å²) in [5.41, 5.74) is 2.32. The second-order valence-electron chi connectivity index (χ2n) is 5.98. The van der Waals surface area contributed by atoms with Gasteiger partial charge in [0, 0.05) is 11.8 Å². The first-order chi connectivity index (χ1) is 9.06. The highest BCUT2D eigenvalue weighted by molar-refractivity contribution is 5.84. The van der Waals surface area contributed by atoms with E-state index in [0.29, 0.717) is 24.5 Å². The Balaban J connectivity index is 2.11. The van der Waals surface area contributed by atoms with E-state index in [0.717, 1.165) is 19.3 Å². The van der Waals surface area contributed by atoms with Crippen LogP contribution in [-0.4, -0.2) is 22.1 Å². The molecule has 0 saturated heterocycles. The summed E-state index contributed by atoms with van der Waals surface area (Å²) in [5.74, 6) is 0.637. The first-order valence-electron chi connectivity index (χ1n) is 7.10. The van der Waals surface area contributed by atoms with Crippen molar-refractivity contribution in [2.45, 2.75) is 50.5 Å². The molecule has 0 heterocycles. The Labute approximate surface area is 113 Å². The monoisotopic (exact) mass is 260 g/mol. The van der Waals surface area contributed by atoms with Crippen molar-refractivity contribution in [3.8, 4) is 5.75 Å². The molecule has 0 amide bonds. The molecule has 1 aromatic carbocycles. The van der Waals surface area contributed by atoms with Crippen molar-refractivity contribution in [2.75, 3.05) is 0 Å². The van der Waals surface area contributed by atoms with Gasteiger partial charge in [-0.05, 0) is 54.9 Å². The second-order valence-corrected chi connectivity index (χ2v) is 5.98. The molecule has 3 rings (SSSR count). The lowest BCUT2D eigenvalue weighted by Gasteiger charge is -2.49. The fourth-order valence-electron chi connectivity index (χ4n) is 4.13. The van der Waals surface area contributed by atoms with E-state index in [-0.39, 0.29) is 11.2 Å². The summed E-state index contributed by atoms with van der Waals surface area (Å²) in [6, 6.07) is 5.55. The molecule has 3 atom stereocenters. The molecular weight excluding hydrogens is 240 g/mol. The van der Waals surface area contributed by atoms with Crippen LogP contribution in [0.2, 0.25) is 0 Å². The number of aryl methyl sites for hydroxylation is 1. The third-order valence-electron chi connectivity index (χ3n) is 5.18. The Morgan fingerprint density at radius 2 is 2.21 bits per heavy atom. The lowest BCUT2D eigenvalue weighted by molar-refractivity contribution is -0.134. The van der Waals surface area contributed by atoms with Crippen LogP contribution in [0.15, 0.2) is 18.2 Å². The van der Waals surface area contributed by atoms with E-state index in [1.165, 1.54) is 11.1 Å². The first-order valence-corrected chi connectivity index (χ1v) is 7.10. The van der Waals surface area contributed by atoms with E-state index in [1.807, 2.05) is 12.1 Å². The number of phenolic OH excluding ortho intramolecular Hbond substituents is 1. The molecule has 0 aliphatic heterocycles. The molecule has 1 fully saturated rings. The van der Waals surface area contributed by atoms with Gasteiger partial charge in [-0.2, -0.15) is 0 Å². The molecular formula is C16H20O3. The number of hydrogen-bond acceptors (Lipinski definition) is 3. The number of fused-ring (bicyclic) bond motifs is 3. The van der Waals surface area contributed by atoms with Crippen LogP contribution in [-0.2, 0) is 16.6 Å². The van der Waals surface area contributed by atoms with Crippen LogP contribution in [0.5, 0.6) is 5.75 Å². The highest BCUT2D eigenvalue weighted by atomic mass is 16.3. The van der Waals surface area contributed by atoms with Crippen molar-refractivity contribution in [3.63, 3.8) is 0 Å². The Bertz CT molecular complexity index is 523. The van der Waals surface area contributed by atoms with Gasteiger partial charge in [0.2, 0.25) is 0 Å². The lowest BCUT2D eigenvalue weighted by atomic mass is 9.55. The number of phenols is 1. The molecule has 3 nitrogen and oxygen atoms in total. The summed E-state index contributed by atoms with van der Waals surface area (Å²) < 4.78 is 0. The van der Waals surface area contributed by atoms with Crippen molar-refractivity contribution in [2.24, 2.45) is 5.92 Å². The molecule has 2 aliphatic carbocycles. The molecule has 2 unspecified atom stereocenters. The Morgan fingerprint density at radius 1 is 1.42 bits per heavy atom. The number of ketones is 1. The highest BCUT2D eigenvalue weighted by Crippen LogP contribution is 2.51. The topological polar surface area (TPSA) is 57.5 Å². The molecule has 0 aromatic heterocycles. The van der Waals surface area contributed by atoms with E-state index in [4.69, 9.17) is 0 Å². The Morgan fingerprint density at radius 3 is 2.95 bits per heavy atom. The molecule has 0 bridgehead atoms. The predicted octanol–water partition coefficient (Wildman–Crippen LogP) is 2.33. The van der Waals surface area contributed by atoms with E-state index in [9.17, 15) is 15.0 Å². The summed E-state index contributed by atoms with van der Waals surface area (Å²) in [7, 11) is 0. The predicted molar refractivity (Wildman–Crippen MR) is 72.1 cm³/mol. The van der Waals surface area contributed by atoms with Gasteiger partial charge in [-0.25, -0.2) is 0 Å². The molecule has 1 aromatic rings. The van der Waals surface area contributed by atoms with Crippen LogP contribution in [0.25, 0.3) is 0 Å². The number of aliphatic hydroxyl groups excluding tert-OH is 1. The standard InChI is InChI=1S/C16H20O3/c1-2-16-9-15(19)14(18)8-11(16)4-3-10-7-12(17)5-6-13(10)16/h5-7,11,15,17,19H,2-4,8-9H2,1H3/t11-,15?,16?/m1/s1. The third-order valence-corrected chi connectivity index (χ3v) is 5.18. The smallest absolute Gasteiger partial charge is 0.161 e. The van der Waals surface area contributed by atoms with Crippen LogP contribution in [0.1, 0.15) is 43.7 Å². The van der Waals surface area contributed by atoms with E-state index < -0.39 is 6.10 Å². The van der Waals surface area contributed by atoms with Crippen LogP contribution < -0.4 is 0 Å². The number of benzene rings is 1. The molecule has 2 aliphatic rings. The summed E-state index contributed by atoms with van der Waals surface area (Å²) in [6.45, 7) is 2.14. The maximum absolute atomic E-state index is 11.8. The number of carbonyl (C=O) groups excluding carboxylic acids is 1. The van der Waals surface area contributed by atoms with Crippen molar-refractivity contribution >= 4 is 5.78 Å². The number of hydrogen-bond donors (Lipinski definition) is 2. The third kappa shape index (κ3) is 1.79. The van der Waals surface area contributed by atoms with Gasteiger partial charge in [-0.1, -0.05) is 13.0 Å². The van der Waals surface area contributed by atoms with Crippen molar-refractivity contribution < 1.29 is 15.0 Å². The first kappa shape index (κ1) is 12.7. The number of carbonyl (C=O) groups is 1. The van der Waals surface area contributed by atoms with Gasteiger partial charge in [0.1, 0.15) is 11.9 Å². The number of rotatable bonds is 1. The summed E-state index contributed by atoms with van der Waals surface area (Å²) in [4.78, 5) is 11.8. The van der Waals surface area contributed by atoms with Gasteiger partial charge in [0.25, 0.3) is 0 Å². The van der Waals surface area contributed by atoms with Crippen LogP contribution >= 0.6 is 0 Å². The van der Waals surface area contributed by atoms with Crippen LogP contribution in [0, 0.1) is 5.92 Å². The SMILES string of the molecule is CCC12CC(O)C(=O)C[C@H]1CCc1cc(O)ccc12. The average Bonchev–Trinajstić information content (AvgIpc) is 2.40. The minimum Gasteiger partial charge on any atom is -0.508 e. The van der Waals surface area contributed by atoms with Gasteiger partial charge < -0.3 is 10.2 Å². The molecule has 3 heteroatoms. The van der Waals surface area contributed by atoms with Gasteiger partial charge in [0.05, 0.1) is 0 Å². The lowest BCUT2D eigenvalue weighted by Crippen LogP contribution is -2.49. The molecule has 0 spiro atoms. The van der Waals surface area contributed by atoms with Crippen LogP contribution in [0.3, 0.4) is 0 Å². The van der Waals surface area contributed by atoms with Crippen molar-refractivity contribution in [3.05, 3.63) is 29.3 Å². The second kappa shape index (κ2) is 4.34. The van der Waals surface area contributed by atoms with E-state index >= 15 is 0 Å². The molecule has 2 N–H and O–H groups in total. The zero-order valence-corrected chi connectivity index (χ0v) is 11.2. The van der Waals surface area contributed by atoms with Crippen molar-refractivity contribution in [1.82, 2.24) is 0 Å². The maximum Gasteiger partial charge on any atom is 0.161 e. The normalized spacial score (nSPS) is 33.7. The summed E-state index contributed by atoms with van der Waals surface area (Å²) in [6.07, 6.45) is 3.03. The highest BCUT2D eigenvalue weighted by Gasteiger charge is 2.49. The molecule has 19 heavy (non-hydrogen) atoms. The van der Waals surface area contributed by atoms with Gasteiger partial charge in [-0.15, -0.1) is 0 Å². The fourth-order valence-corrected chi connectivity index (χ4v) is 4.13. The Hall–Kier alpha value is -1.35. The largest absolute Gasteiger partial charge is 0.508 e. The fraction of sp³-hybridized carbons (Fsp3) is 0.562. The van der Waals surface area contributed by atoms with Gasteiger partial charge >= 0.3 is 0 Å². The summed E-state index contributed by atoms with van der Waals surface area (Å²) >= 11 is 0. The molecule has 1 saturated carbocycles. The number of aromatic hydroxyl groups is 1.